The molecule has 100 valence electrons. The van der Waals surface area contributed by atoms with Crippen molar-refractivity contribution in [3.05, 3.63) is 23.3 Å². The molecular formula is C16H25NO. The first kappa shape index (κ1) is 13.4. The van der Waals surface area contributed by atoms with Crippen LogP contribution in [-0.2, 0) is 4.79 Å². The van der Waals surface area contributed by atoms with Gasteiger partial charge in [-0.2, -0.15) is 0 Å². The third-order valence-corrected chi connectivity index (χ3v) is 4.10. The van der Waals surface area contributed by atoms with Gasteiger partial charge in [-0.1, -0.05) is 32.4 Å². The Balaban J connectivity index is 1.86. The Hall–Kier alpha value is -1.05. The van der Waals surface area contributed by atoms with Crippen molar-refractivity contribution in [1.82, 2.24) is 5.32 Å². The molecule has 18 heavy (non-hydrogen) atoms. The van der Waals surface area contributed by atoms with Gasteiger partial charge in [0.2, 0.25) is 5.91 Å². The maximum Gasteiger partial charge on any atom is 0.223 e. The molecule has 2 rings (SSSR count). The zero-order chi connectivity index (χ0) is 13.0. The van der Waals surface area contributed by atoms with Crippen molar-refractivity contribution in [2.24, 2.45) is 5.92 Å². The number of hydrogen-bond donors (Lipinski definition) is 1. The lowest BCUT2D eigenvalue weighted by atomic mass is 9.82. The van der Waals surface area contributed by atoms with Crippen molar-refractivity contribution < 1.29 is 4.79 Å². The van der Waals surface area contributed by atoms with Gasteiger partial charge in [0.25, 0.3) is 0 Å². The molecule has 2 atom stereocenters. The molecule has 0 spiro atoms. The normalized spacial score (nSPS) is 24.7. The van der Waals surface area contributed by atoms with Crippen LogP contribution in [0.4, 0.5) is 0 Å². The molecular weight excluding hydrogens is 222 g/mol. The minimum absolute atomic E-state index is 0.160. The lowest BCUT2D eigenvalue weighted by Gasteiger charge is -2.30. The predicted octanol–water partition coefficient (Wildman–Crippen LogP) is 3.74. The van der Waals surface area contributed by atoms with Crippen LogP contribution in [-0.4, -0.2) is 11.9 Å². The second-order valence-electron chi connectivity index (χ2n) is 5.67. The summed E-state index contributed by atoms with van der Waals surface area (Å²) in [5.74, 6) is 0.401. The average molecular weight is 247 g/mol. The van der Waals surface area contributed by atoms with Crippen LogP contribution < -0.4 is 5.32 Å². The van der Waals surface area contributed by atoms with Crippen molar-refractivity contribution >= 4 is 5.91 Å². The van der Waals surface area contributed by atoms with Gasteiger partial charge in [-0.15, -0.1) is 0 Å². The number of carbonyl (C=O) groups excluding carboxylic acids is 1. The van der Waals surface area contributed by atoms with Gasteiger partial charge in [0.1, 0.15) is 0 Å². The molecule has 0 aromatic heterocycles. The largest absolute Gasteiger partial charge is 0.353 e. The van der Waals surface area contributed by atoms with Gasteiger partial charge < -0.3 is 5.32 Å². The van der Waals surface area contributed by atoms with Crippen molar-refractivity contribution in [3.8, 4) is 0 Å². The molecule has 0 heterocycles. The molecule has 0 bridgehead atoms. The van der Waals surface area contributed by atoms with Crippen LogP contribution in [0.15, 0.2) is 23.3 Å². The van der Waals surface area contributed by atoms with Gasteiger partial charge in [0.15, 0.2) is 0 Å². The highest BCUT2D eigenvalue weighted by atomic mass is 16.1. The molecule has 2 nitrogen and oxygen atoms in total. The summed E-state index contributed by atoms with van der Waals surface area (Å²) in [7, 11) is 0. The lowest BCUT2D eigenvalue weighted by molar-refractivity contribution is -0.125. The topological polar surface area (TPSA) is 29.1 Å². The molecule has 2 aliphatic carbocycles. The minimum Gasteiger partial charge on any atom is -0.353 e. The maximum atomic E-state index is 12.0. The fraction of sp³-hybridized carbons (Fsp3) is 0.688. The van der Waals surface area contributed by atoms with E-state index in [1.807, 2.05) is 6.92 Å². The van der Waals surface area contributed by atoms with Gasteiger partial charge in [-0.3, -0.25) is 4.79 Å². The van der Waals surface area contributed by atoms with E-state index < -0.39 is 0 Å². The molecule has 2 unspecified atom stereocenters. The van der Waals surface area contributed by atoms with Crippen molar-refractivity contribution in [2.75, 3.05) is 0 Å². The molecule has 0 saturated heterocycles. The van der Waals surface area contributed by atoms with E-state index >= 15 is 0 Å². The summed E-state index contributed by atoms with van der Waals surface area (Å²) in [5, 5.41) is 3.23. The Morgan fingerprint density at radius 1 is 1.39 bits per heavy atom. The van der Waals surface area contributed by atoms with Crippen molar-refractivity contribution in [2.45, 2.75) is 64.8 Å². The number of carbonyl (C=O) groups is 1. The summed E-state index contributed by atoms with van der Waals surface area (Å²) in [6, 6.07) is 0.360. The van der Waals surface area contributed by atoms with Crippen LogP contribution in [0.3, 0.4) is 0 Å². The number of amides is 1. The van der Waals surface area contributed by atoms with Crippen molar-refractivity contribution in [1.29, 1.82) is 0 Å². The number of allylic oxidation sites excluding steroid dienone is 3. The third kappa shape index (κ3) is 3.24. The molecule has 2 heteroatoms. The summed E-state index contributed by atoms with van der Waals surface area (Å²) in [6.07, 6.45) is 12.5. The summed E-state index contributed by atoms with van der Waals surface area (Å²) in [4.78, 5) is 12.0. The lowest BCUT2D eigenvalue weighted by Crippen LogP contribution is -2.40. The van der Waals surface area contributed by atoms with E-state index in [0.717, 1.165) is 32.1 Å². The van der Waals surface area contributed by atoms with E-state index in [2.05, 4.69) is 24.4 Å². The number of rotatable bonds is 4. The van der Waals surface area contributed by atoms with Crippen LogP contribution in [0, 0.1) is 5.92 Å². The molecule has 1 N–H and O–H groups in total. The quantitative estimate of drug-likeness (QED) is 0.805. The fourth-order valence-corrected chi connectivity index (χ4v) is 2.98. The van der Waals surface area contributed by atoms with E-state index in [1.54, 1.807) is 0 Å². The number of nitrogens with one attached hydrogen (secondary N) is 1. The number of hydrogen-bond acceptors (Lipinski definition) is 1. The van der Waals surface area contributed by atoms with Gasteiger partial charge in [0, 0.05) is 12.0 Å². The first-order valence-electron chi connectivity index (χ1n) is 7.39. The summed E-state index contributed by atoms with van der Waals surface area (Å²) in [5.41, 5.74) is 3.02. The van der Waals surface area contributed by atoms with Crippen molar-refractivity contribution in [3.63, 3.8) is 0 Å². The second-order valence-corrected chi connectivity index (χ2v) is 5.67. The Kier molecular flexibility index (Phi) is 4.62. The standard InChI is InChI=1S/C16H25NO/c1-3-6-12(2)16(18)17-15-10-9-13-7-4-5-8-14(13)11-15/h7-8,12,15H,3-6,9-11H2,1-2H3,(H,17,18). The van der Waals surface area contributed by atoms with Crippen LogP contribution >= 0.6 is 0 Å². The summed E-state index contributed by atoms with van der Waals surface area (Å²) >= 11 is 0. The molecule has 1 amide bonds. The van der Waals surface area contributed by atoms with Crippen LogP contribution in [0.2, 0.25) is 0 Å². The Morgan fingerprint density at radius 3 is 2.83 bits per heavy atom. The minimum atomic E-state index is 0.160. The average Bonchev–Trinajstić information content (AvgIpc) is 2.39. The second kappa shape index (κ2) is 6.21. The first-order chi connectivity index (χ1) is 8.70. The fourth-order valence-electron chi connectivity index (χ4n) is 2.98. The Labute approximate surface area is 111 Å². The van der Waals surface area contributed by atoms with Crippen LogP contribution in [0.1, 0.15) is 58.8 Å². The molecule has 0 aromatic carbocycles. The predicted molar refractivity (Wildman–Crippen MR) is 75.3 cm³/mol. The smallest absolute Gasteiger partial charge is 0.223 e. The zero-order valence-corrected chi connectivity index (χ0v) is 11.7. The van der Waals surface area contributed by atoms with Gasteiger partial charge in [-0.05, 0) is 49.7 Å². The van der Waals surface area contributed by atoms with E-state index in [9.17, 15) is 4.79 Å². The molecule has 2 aliphatic rings. The van der Waals surface area contributed by atoms with Gasteiger partial charge in [-0.25, -0.2) is 0 Å². The maximum absolute atomic E-state index is 12.0. The van der Waals surface area contributed by atoms with E-state index in [1.165, 1.54) is 24.0 Å². The molecule has 0 aliphatic heterocycles. The van der Waals surface area contributed by atoms with Crippen LogP contribution in [0.25, 0.3) is 0 Å². The number of fused-ring (bicyclic) bond motifs is 1. The van der Waals surface area contributed by atoms with Gasteiger partial charge >= 0.3 is 0 Å². The Bertz CT molecular complexity index is 367. The first-order valence-corrected chi connectivity index (χ1v) is 7.39. The zero-order valence-electron chi connectivity index (χ0n) is 11.7. The molecule has 0 radical (unpaired) electrons. The Morgan fingerprint density at radius 2 is 2.11 bits per heavy atom. The monoisotopic (exact) mass is 247 g/mol. The van der Waals surface area contributed by atoms with Gasteiger partial charge in [0.05, 0.1) is 0 Å². The molecule has 1 saturated carbocycles. The molecule has 0 aromatic rings. The SMILES string of the molecule is CCCC(C)C(=O)NC1CCC2=CCCC=C2C1. The highest BCUT2D eigenvalue weighted by Gasteiger charge is 2.24. The van der Waals surface area contributed by atoms with E-state index in [4.69, 9.17) is 0 Å². The van der Waals surface area contributed by atoms with E-state index in [-0.39, 0.29) is 11.8 Å². The third-order valence-electron chi connectivity index (χ3n) is 4.10. The highest BCUT2D eigenvalue weighted by Crippen LogP contribution is 2.32. The molecule has 1 fully saturated rings. The van der Waals surface area contributed by atoms with E-state index in [0.29, 0.717) is 6.04 Å². The summed E-state index contributed by atoms with van der Waals surface area (Å²) in [6.45, 7) is 4.17. The summed E-state index contributed by atoms with van der Waals surface area (Å²) < 4.78 is 0. The highest BCUT2D eigenvalue weighted by molar-refractivity contribution is 5.78. The van der Waals surface area contributed by atoms with Crippen LogP contribution in [0.5, 0.6) is 0 Å².